The second-order valence-corrected chi connectivity index (χ2v) is 6.76. The van der Waals surface area contributed by atoms with Crippen molar-refractivity contribution in [2.75, 3.05) is 18.0 Å². The summed E-state index contributed by atoms with van der Waals surface area (Å²) in [5.41, 5.74) is -0.522. The minimum Gasteiger partial charge on any atom is -0.465 e. The molecule has 0 aromatic heterocycles. The van der Waals surface area contributed by atoms with Crippen molar-refractivity contribution in [3.05, 3.63) is 29.8 Å². The highest BCUT2D eigenvalue weighted by Gasteiger charge is 2.37. The smallest absolute Gasteiger partial charge is 0.416 e. The molecule has 1 aromatic carbocycles. The Labute approximate surface area is 133 Å². The third-order valence-corrected chi connectivity index (χ3v) is 4.02. The molecule has 128 valence electrons. The number of anilines is 1. The van der Waals surface area contributed by atoms with Crippen molar-refractivity contribution < 1.29 is 23.1 Å². The zero-order valence-electron chi connectivity index (χ0n) is 13.4. The Balaban J connectivity index is 2.12. The first-order chi connectivity index (χ1) is 10.5. The van der Waals surface area contributed by atoms with Gasteiger partial charge in [0.05, 0.1) is 11.6 Å². The molecule has 1 aliphatic heterocycles. The largest absolute Gasteiger partial charge is 0.465 e. The van der Waals surface area contributed by atoms with Crippen molar-refractivity contribution >= 4 is 11.8 Å². The van der Waals surface area contributed by atoms with Crippen LogP contribution in [-0.2, 0) is 6.18 Å². The Morgan fingerprint density at radius 3 is 2.22 bits per heavy atom. The zero-order chi connectivity index (χ0) is 17.4. The molecule has 1 heterocycles. The van der Waals surface area contributed by atoms with E-state index in [9.17, 15) is 23.1 Å². The summed E-state index contributed by atoms with van der Waals surface area (Å²) >= 11 is 0. The molecule has 2 rings (SSSR count). The Bertz CT molecular complexity index is 564. The predicted molar refractivity (Wildman–Crippen MR) is 81.7 cm³/mol. The van der Waals surface area contributed by atoms with Crippen LogP contribution in [0.5, 0.6) is 0 Å². The van der Waals surface area contributed by atoms with E-state index in [0.717, 1.165) is 12.1 Å². The van der Waals surface area contributed by atoms with E-state index in [2.05, 4.69) is 0 Å². The highest BCUT2D eigenvalue weighted by Crippen LogP contribution is 2.32. The van der Waals surface area contributed by atoms with E-state index >= 15 is 0 Å². The van der Waals surface area contributed by atoms with Crippen LogP contribution in [0.3, 0.4) is 0 Å². The highest BCUT2D eigenvalue weighted by atomic mass is 19.4. The molecule has 1 saturated heterocycles. The zero-order valence-corrected chi connectivity index (χ0v) is 13.4. The van der Waals surface area contributed by atoms with Gasteiger partial charge in [-0.1, -0.05) is 0 Å². The number of alkyl halides is 3. The van der Waals surface area contributed by atoms with Gasteiger partial charge in [0.1, 0.15) is 0 Å². The van der Waals surface area contributed by atoms with Crippen LogP contribution in [0.15, 0.2) is 24.3 Å². The molecule has 0 radical (unpaired) electrons. The summed E-state index contributed by atoms with van der Waals surface area (Å²) in [6.07, 6.45) is -4.67. The van der Waals surface area contributed by atoms with Gasteiger partial charge in [0.25, 0.3) is 0 Å². The molecular formula is C16H21F3N2O2. The Morgan fingerprint density at radius 2 is 1.78 bits per heavy atom. The van der Waals surface area contributed by atoms with Crippen molar-refractivity contribution in [3.8, 4) is 0 Å². The number of nitrogens with zero attached hydrogens (tertiary/aromatic N) is 2. The number of carbonyl (C=O) groups is 1. The Morgan fingerprint density at radius 1 is 1.22 bits per heavy atom. The van der Waals surface area contributed by atoms with Gasteiger partial charge in [-0.3, -0.25) is 4.90 Å². The number of amides is 1. The first kappa shape index (κ1) is 17.4. The fourth-order valence-electron chi connectivity index (χ4n) is 3.04. The standard InChI is InChI=1S/C16H21F3N2O2/c1-15(2,3)21(14(22)23)13-8-9-20(10-13)12-6-4-11(5-7-12)16(17,18)19/h4-7,13H,8-10H2,1-3H3,(H,22,23)/t13-/m1/s1. The van der Waals surface area contributed by atoms with Gasteiger partial charge in [-0.25, -0.2) is 4.79 Å². The molecule has 1 atom stereocenters. The summed E-state index contributed by atoms with van der Waals surface area (Å²) in [5, 5.41) is 9.43. The molecule has 0 aliphatic carbocycles. The van der Waals surface area contributed by atoms with E-state index in [1.807, 2.05) is 25.7 Å². The van der Waals surface area contributed by atoms with E-state index in [0.29, 0.717) is 25.2 Å². The van der Waals surface area contributed by atoms with Crippen LogP contribution in [0.25, 0.3) is 0 Å². The molecule has 4 nitrogen and oxygen atoms in total. The monoisotopic (exact) mass is 330 g/mol. The predicted octanol–water partition coefficient (Wildman–Crippen LogP) is 4.06. The first-order valence-electron chi connectivity index (χ1n) is 7.44. The van der Waals surface area contributed by atoms with Gasteiger partial charge in [-0.05, 0) is 51.5 Å². The van der Waals surface area contributed by atoms with E-state index in [1.165, 1.54) is 17.0 Å². The number of benzene rings is 1. The van der Waals surface area contributed by atoms with Crippen LogP contribution >= 0.6 is 0 Å². The van der Waals surface area contributed by atoms with Crippen molar-refractivity contribution in [3.63, 3.8) is 0 Å². The summed E-state index contributed by atoms with van der Waals surface area (Å²) in [6, 6.07) is 4.82. The summed E-state index contributed by atoms with van der Waals surface area (Å²) in [4.78, 5) is 14.9. The molecule has 0 unspecified atom stereocenters. The fourth-order valence-corrected chi connectivity index (χ4v) is 3.04. The Hall–Kier alpha value is -1.92. The summed E-state index contributed by atoms with van der Waals surface area (Å²) in [5.74, 6) is 0. The van der Waals surface area contributed by atoms with Gasteiger partial charge in [0.15, 0.2) is 0 Å². The number of hydrogen-bond donors (Lipinski definition) is 1. The van der Waals surface area contributed by atoms with Crippen molar-refractivity contribution in [1.29, 1.82) is 0 Å². The maximum atomic E-state index is 12.6. The summed E-state index contributed by atoms with van der Waals surface area (Å²) < 4.78 is 37.8. The SMILES string of the molecule is CC(C)(C)N(C(=O)O)[C@@H]1CCN(c2ccc(C(F)(F)F)cc2)C1. The van der Waals surface area contributed by atoms with Gasteiger partial charge >= 0.3 is 12.3 Å². The molecule has 1 aliphatic rings. The first-order valence-corrected chi connectivity index (χ1v) is 7.44. The lowest BCUT2D eigenvalue weighted by Crippen LogP contribution is -2.52. The summed E-state index contributed by atoms with van der Waals surface area (Å²) in [7, 11) is 0. The molecule has 0 bridgehead atoms. The third-order valence-electron chi connectivity index (χ3n) is 4.02. The minimum absolute atomic E-state index is 0.171. The lowest BCUT2D eigenvalue weighted by molar-refractivity contribution is -0.137. The molecule has 1 aromatic rings. The van der Waals surface area contributed by atoms with E-state index in [1.54, 1.807) is 0 Å². The van der Waals surface area contributed by atoms with Crippen LogP contribution in [0.1, 0.15) is 32.8 Å². The van der Waals surface area contributed by atoms with E-state index < -0.39 is 23.4 Å². The molecule has 1 amide bonds. The van der Waals surface area contributed by atoms with Gasteiger partial charge in [0.2, 0.25) is 0 Å². The van der Waals surface area contributed by atoms with E-state index in [-0.39, 0.29) is 6.04 Å². The highest BCUT2D eigenvalue weighted by molar-refractivity contribution is 5.67. The second-order valence-electron chi connectivity index (χ2n) is 6.76. The van der Waals surface area contributed by atoms with Gasteiger partial charge in [-0.2, -0.15) is 13.2 Å². The van der Waals surface area contributed by atoms with Crippen molar-refractivity contribution in [2.24, 2.45) is 0 Å². The molecule has 7 heteroatoms. The second kappa shape index (κ2) is 5.94. The number of rotatable bonds is 2. The molecular weight excluding hydrogens is 309 g/mol. The lowest BCUT2D eigenvalue weighted by atomic mass is 10.0. The number of hydrogen-bond acceptors (Lipinski definition) is 2. The van der Waals surface area contributed by atoms with Gasteiger partial charge in [0, 0.05) is 24.3 Å². The van der Waals surface area contributed by atoms with Crippen molar-refractivity contribution in [2.45, 2.75) is 44.9 Å². The van der Waals surface area contributed by atoms with Crippen LogP contribution in [0.4, 0.5) is 23.7 Å². The Kier molecular flexibility index (Phi) is 4.50. The lowest BCUT2D eigenvalue weighted by Gasteiger charge is -2.38. The van der Waals surface area contributed by atoms with Gasteiger partial charge < -0.3 is 10.0 Å². The summed E-state index contributed by atoms with van der Waals surface area (Å²) in [6.45, 7) is 6.61. The minimum atomic E-state index is -4.35. The fraction of sp³-hybridized carbons (Fsp3) is 0.562. The van der Waals surface area contributed by atoms with Crippen LogP contribution in [0, 0.1) is 0 Å². The van der Waals surface area contributed by atoms with Crippen LogP contribution in [-0.4, -0.2) is 40.8 Å². The number of carboxylic acid groups (broad SMARTS) is 1. The van der Waals surface area contributed by atoms with Crippen molar-refractivity contribution in [1.82, 2.24) is 4.90 Å². The quantitative estimate of drug-likeness (QED) is 0.889. The molecule has 1 N–H and O–H groups in total. The average molecular weight is 330 g/mol. The molecule has 23 heavy (non-hydrogen) atoms. The van der Waals surface area contributed by atoms with Crippen LogP contribution < -0.4 is 4.90 Å². The average Bonchev–Trinajstić information content (AvgIpc) is 2.85. The maximum absolute atomic E-state index is 12.6. The topological polar surface area (TPSA) is 43.8 Å². The molecule has 0 saturated carbocycles. The van der Waals surface area contributed by atoms with E-state index in [4.69, 9.17) is 0 Å². The maximum Gasteiger partial charge on any atom is 0.416 e. The number of halogens is 3. The normalized spacial score (nSPS) is 19.0. The van der Waals surface area contributed by atoms with Crippen LogP contribution in [0.2, 0.25) is 0 Å². The molecule has 0 spiro atoms. The molecule has 1 fully saturated rings. The van der Waals surface area contributed by atoms with Gasteiger partial charge in [-0.15, -0.1) is 0 Å². The third kappa shape index (κ3) is 3.89.